The van der Waals surface area contributed by atoms with Crippen molar-refractivity contribution in [3.05, 3.63) is 65.0 Å². The van der Waals surface area contributed by atoms with Gasteiger partial charge in [0.25, 0.3) is 5.91 Å². The topological polar surface area (TPSA) is 92.1 Å². The Balaban J connectivity index is 1.49. The van der Waals surface area contributed by atoms with Crippen LogP contribution in [0.3, 0.4) is 0 Å². The van der Waals surface area contributed by atoms with E-state index in [1.54, 1.807) is 40.9 Å². The number of fused-ring (bicyclic) bond motifs is 1. The number of benzene rings is 1. The van der Waals surface area contributed by atoms with Crippen LogP contribution in [0.2, 0.25) is 0 Å². The fourth-order valence-corrected chi connectivity index (χ4v) is 4.82. The van der Waals surface area contributed by atoms with E-state index < -0.39 is 5.72 Å². The molecule has 3 heterocycles. The molecule has 0 atom stereocenters. The maximum Gasteiger partial charge on any atom is 0.260 e. The van der Waals surface area contributed by atoms with Gasteiger partial charge in [-0.25, -0.2) is 0 Å². The number of aliphatic imine (C=N–C) groups is 1. The summed E-state index contributed by atoms with van der Waals surface area (Å²) in [6.45, 7) is 12.0. The van der Waals surface area contributed by atoms with Gasteiger partial charge in [0, 0.05) is 75.5 Å². The van der Waals surface area contributed by atoms with Crippen LogP contribution >= 0.6 is 0 Å². The van der Waals surface area contributed by atoms with Gasteiger partial charge in [-0.1, -0.05) is 6.08 Å². The van der Waals surface area contributed by atoms with Crippen molar-refractivity contribution in [2.75, 3.05) is 20.1 Å². The third kappa shape index (κ3) is 5.51. The summed E-state index contributed by atoms with van der Waals surface area (Å²) in [5, 5.41) is 6.98. The third-order valence-corrected chi connectivity index (χ3v) is 7.26. The van der Waals surface area contributed by atoms with E-state index in [1.165, 1.54) is 0 Å². The molecule has 1 spiro atoms. The first-order chi connectivity index (χ1) is 17.6. The molecule has 0 bridgehead atoms. The average molecular weight is 505 g/mol. The SMILES string of the molecule is C=N/C(=C\C=C(/C)C(=O)NCc1cnn(C)c1)c1ccc2c(c1)C(=O)N(C)C1(CCN(C(C)C)CC1)O2. The van der Waals surface area contributed by atoms with Crippen molar-refractivity contribution < 1.29 is 14.3 Å². The first-order valence-electron chi connectivity index (χ1n) is 12.6. The second-order valence-electron chi connectivity index (χ2n) is 10.0. The van der Waals surface area contributed by atoms with Crippen molar-refractivity contribution >= 4 is 24.2 Å². The second kappa shape index (κ2) is 10.7. The summed E-state index contributed by atoms with van der Waals surface area (Å²) < 4.78 is 8.17. The molecule has 0 unspecified atom stereocenters. The van der Waals surface area contributed by atoms with Crippen molar-refractivity contribution in [2.45, 2.75) is 51.9 Å². The zero-order valence-corrected chi connectivity index (χ0v) is 22.3. The van der Waals surface area contributed by atoms with Crippen molar-refractivity contribution in [1.29, 1.82) is 0 Å². The molecule has 2 amide bonds. The zero-order chi connectivity index (χ0) is 26.7. The Kier molecular flexibility index (Phi) is 7.63. The van der Waals surface area contributed by atoms with E-state index in [0.717, 1.165) is 37.1 Å². The van der Waals surface area contributed by atoms with Crippen LogP contribution in [0.1, 0.15) is 55.1 Å². The number of likely N-dealkylation sites (tertiary alicyclic amines) is 1. The Morgan fingerprint density at radius 3 is 2.62 bits per heavy atom. The maximum absolute atomic E-state index is 13.4. The summed E-state index contributed by atoms with van der Waals surface area (Å²) in [5.41, 5.74) is 2.62. The van der Waals surface area contributed by atoms with Crippen LogP contribution in [-0.4, -0.2) is 70.0 Å². The third-order valence-electron chi connectivity index (χ3n) is 7.26. The van der Waals surface area contributed by atoms with Crippen molar-refractivity contribution in [3.8, 4) is 5.75 Å². The minimum atomic E-state index is -0.616. The van der Waals surface area contributed by atoms with Gasteiger partial charge in [0.05, 0.1) is 17.5 Å². The first-order valence-corrected chi connectivity index (χ1v) is 12.6. The smallest absolute Gasteiger partial charge is 0.260 e. The lowest BCUT2D eigenvalue weighted by atomic mass is 9.93. The molecule has 1 saturated heterocycles. The standard InChI is InChI=1S/C28H36N6O3/c1-19(2)34-13-11-28(12-14-34)33(6)27(36)23-15-22(8-10-25(23)37-28)24(29-4)9-7-20(3)26(35)30-16-21-17-31-32(5)18-21/h7-10,15,17-19H,4,11-14,16H2,1-3,5-6H3,(H,30,35)/b20-7+,24-9-. The quantitative estimate of drug-likeness (QED) is 0.355. The number of hydrogen-bond donors (Lipinski definition) is 1. The van der Waals surface area contributed by atoms with E-state index in [4.69, 9.17) is 4.74 Å². The lowest BCUT2D eigenvalue weighted by Gasteiger charge is -2.50. The Hall–Kier alpha value is -3.72. The van der Waals surface area contributed by atoms with E-state index in [0.29, 0.717) is 35.2 Å². The van der Waals surface area contributed by atoms with Crippen LogP contribution in [0.25, 0.3) is 5.70 Å². The molecule has 1 fully saturated rings. The van der Waals surface area contributed by atoms with Gasteiger partial charge in [0.2, 0.25) is 5.91 Å². The molecule has 196 valence electrons. The monoisotopic (exact) mass is 504 g/mol. The highest BCUT2D eigenvalue weighted by molar-refractivity contribution is 5.99. The minimum absolute atomic E-state index is 0.0639. The molecule has 0 saturated carbocycles. The Bertz CT molecular complexity index is 1250. The van der Waals surface area contributed by atoms with E-state index >= 15 is 0 Å². The number of aryl methyl sites for hydroxylation is 1. The van der Waals surface area contributed by atoms with Gasteiger partial charge < -0.3 is 19.9 Å². The fraction of sp³-hybridized carbons (Fsp3) is 0.429. The number of carbonyl (C=O) groups is 2. The number of amides is 2. The number of nitrogens with zero attached hydrogens (tertiary/aromatic N) is 5. The van der Waals surface area contributed by atoms with Crippen LogP contribution in [0.15, 0.2) is 53.3 Å². The zero-order valence-electron chi connectivity index (χ0n) is 22.3. The van der Waals surface area contributed by atoms with Gasteiger partial charge in [0.15, 0.2) is 5.72 Å². The van der Waals surface area contributed by atoms with Crippen LogP contribution < -0.4 is 10.1 Å². The summed E-state index contributed by atoms with van der Waals surface area (Å²) in [4.78, 5) is 34.2. The van der Waals surface area contributed by atoms with Crippen molar-refractivity contribution in [2.24, 2.45) is 12.0 Å². The van der Waals surface area contributed by atoms with E-state index in [-0.39, 0.29) is 11.8 Å². The highest BCUT2D eigenvalue weighted by atomic mass is 16.5. The molecule has 2 aliphatic rings. The van der Waals surface area contributed by atoms with Gasteiger partial charge >= 0.3 is 0 Å². The number of rotatable bonds is 7. The molecule has 2 aliphatic heterocycles. The molecular formula is C28H36N6O3. The molecule has 37 heavy (non-hydrogen) atoms. The number of allylic oxidation sites excluding steroid dienone is 2. The summed E-state index contributed by atoms with van der Waals surface area (Å²) in [6, 6.07) is 5.97. The molecule has 2 aromatic rings. The molecule has 9 nitrogen and oxygen atoms in total. The van der Waals surface area contributed by atoms with Crippen LogP contribution in [0.5, 0.6) is 5.75 Å². The van der Waals surface area contributed by atoms with Crippen LogP contribution in [0.4, 0.5) is 0 Å². The molecule has 1 N–H and O–H groups in total. The summed E-state index contributed by atoms with van der Waals surface area (Å²) in [5.74, 6) is 0.341. The normalized spacial score (nSPS) is 18.1. The number of nitrogens with one attached hydrogen (secondary N) is 1. The van der Waals surface area contributed by atoms with Gasteiger partial charge in [-0.05, 0) is 51.8 Å². The summed E-state index contributed by atoms with van der Waals surface area (Å²) in [6.07, 6.45) is 8.53. The van der Waals surface area contributed by atoms with Crippen molar-refractivity contribution in [3.63, 3.8) is 0 Å². The molecule has 0 aliphatic carbocycles. The van der Waals surface area contributed by atoms with E-state index in [1.807, 2.05) is 32.4 Å². The highest BCUT2D eigenvalue weighted by Gasteiger charge is 2.47. The number of carbonyl (C=O) groups excluding carboxylic acids is 2. The largest absolute Gasteiger partial charge is 0.467 e. The summed E-state index contributed by atoms with van der Waals surface area (Å²) >= 11 is 0. The fourth-order valence-electron chi connectivity index (χ4n) is 4.82. The van der Waals surface area contributed by atoms with E-state index in [2.05, 4.69) is 40.9 Å². The number of piperidine rings is 1. The predicted molar refractivity (Wildman–Crippen MR) is 144 cm³/mol. The van der Waals surface area contributed by atoms with Crippen molar-refractivity contribution in [1.82, 2.24) is 24.9 Å². The molecule has 9 heteroatoms. The number of aromatic nitrogens is 2. The lowest BCUT2D eigenvalue weighted by molar-refractivity contribution is -0.117. The van der Waals surface area contributed by atoms with Crippen LogP contribution in [-0.2, 0) is 18.4 Å². The van der Waals surface area contributed by atoms with Gasteiger partial charge in [-0.3, -0.25) is 19.3 Å². The van der Waals surface area contributed by atoms with Gasteiger partial charge in [-0.2, -0.15) is 5.10 Å². The molecule has 0 radical (unpaired) electrons. The highest BCUT2D eigenvalue weighted by Crippen LogP contribution is 2.40. The molecule has 1 aromatic heterocycles. The molecular weight excluding hydrogens is 468 g/mol. The average Bonchev–Trinajstić information content (AvgIpc) is 3.31. The Labute approximate surface area is 218 Å². The Morgan fingerprint density at radius 1 is 1.27 bits per heavy atom. The summed E-state index contributed by atoms with van der Waals surface area (Å²) in [7, 11) is 3.65. The second-order valence-corrected chi connectivity index (χ2v) is 10.0. The minimum Gasteiger partial charge on any atom is -0.467 e. The predicted octanol–water partition coefficient (Wildman–Crippen LogP) is 3.39. The van der Waals surface area contributed by atoms with Gasteiger partial charge in [0.1, 0.15) is 5.75 Å². The van der Waals surface area contributed by atoms with Gasteiger partial charge in [-0.15, -0.1) is 0 Å². The van der Waals surface area contributed by atoms with Crippen LogP contribution in [0, 0.1) is 0 Å². The van der Waals surface area contributed by atoms with E-state index in [9.17, 15) is 9.59 Å². The first kappa shape index (κ1) is 26.3. The molecule has 1 aromatic carbocycles. The maximum atomic E-state index is 13.4. The lowest BCUT2D eigenvalue weighted by Crippen LogP contribution is -2.62. The number of ether oxygens (including phenoxy) is 1. The number of hydrogen-bond acceptors (Lipinski definition) is 6. The molecule has 4 rings (SSSR count). The Morgan fingerprint density at radius 2 is 2.00 bits per heavy atom.